The van der Waals surface area contributed by atoms with Gasteiger partial charge in [0.1, 0.15) is 33.9 Å². The molecular formula is C51H67BrF2N8O9S. The van der Waals surface area contributed by atoms with Crippen molar-refractivity contribution < 1.29 is 51.8 Å². The average Bonchev–Trinajstić information content (AvgIpc) is 3.65. The zero-order valence-corrected chi connectivity index (χ0v) is 44.9. The first-order valence-electron chi connectivity index (χ1n) is 23.7. The van der Waals surface area contributed by atoms with E-state index >= 15 is 13.6 Å². The number of amides is 5. The number of ether oxygens (including phenoxy) is 3. The molecule has 0 fully saturated rings. The number of nitrogens with one attached hydrogen (secondary N) is 5. The van der Waals surface area contributed by atoms with Crippen molar-refractivity contribution in [1.29, 1.82) is 0 Å². The number of rotatable bonds is 11. The van der Waals surface area contributed by atoms with Crippen molar-refractivity contribution in [3.05, 3.63) is 88.2 Å². The Hall–Kier alpha value is -5.80. The van der Waals surface area contributed by atoms with E-state index in [0.717, 1.165) is 9.80 Å². The molecule has 5 amide bonds. The highest BCUT2D eigenvalue weighted by Crippen LogP contribution is 2.35. The van der Waals surface area contributed by atoms with E-state index in [2.05, 4.69) is 47.5 Å². The van der Waals surface area contributed by atoms with Gasteiger partial charge in [0.05, 0.1) is 18.1 Å². The number of hydrogen-bond acceptors (Lipinski definition) is 12. The number of alkyl carbamates (subject to hydrolysis) is 2. The maximum absolute atomic E-state index is 15.8. The topological polar surface area (TPSA) is 211 Å². The number of likely N-dealkylation sites (N-methyl/N-ethyl adjacent to an activating group) is 1. The molecule has 72 heavy (non-hydrogen) atoms. The van der Waals surface area contributed by atoms with Crippen molar-refractivity contribution in [2.45, 2.75) is 158 Å². The molecule has 3 heterocycles. The lowest BCUT2D eigenvalue weighted by molar-refractivity contribution is -0.142. The minimum atomic E-state index is -3.59. The Kier molecular flexibility index (Phi) is 19.3. The lowest BCUT2D eigenvalue weighted by Gasteiger charge is -2.32. The number of aromatic nitrogens is 2. The highest BCUT2D eigenvalue weighted by atomic mass is 79.9. The summed E-state index contributed by atoms with van der Waals surface area (Å²) in [5.74, 6) is -5.79. The fourth-order valence-corrected chi connectivity index (χ4v) is 9.28. The van der Waals surface area contributed by atoms with Crippen molar-refractivity contribution in [3.8, 4) is 0 Å². The number of carbonyl (C=O) groups excluding carboxylic acids is 6. The number of alkyl halides is 2. The fraction of sp³-hybridized carbons (Fsp3) is 0.510. The summed E-state index contributed by atoms with van der Waals surface area (Å²) >= 11 is 5.01. The molecule has 1 aliphatic heterocycles. The van der Waals surface area contributed by atoms with Crippen molar-refractivity contribution in [2.24, 2.45) is 0 Å². The number of para-hydroxylation sites is 1. The van der Waals surface area contributed by atoms with Crippen LogP contribution in [0.3, 0.4) is 0 Å². The normalized spacial score (nSPS) is 17.7. The van der Waals surface area contributed by atoms with Crippen LogP contribution in [-0.4, -0.2) is 111 Å². The van der Waals surface area contributed by atoms with Crippen LogP contribution in [-0.2, 0) is 48.1 Å². The lowest BCUT2D eigenvalue weighted by Crippen LogP contribution is -2.57. The molecule has 5 N–H and O–H groups in total. The Morgan fingerprint density at radius 1 is 0.819 bits per heavy atom. The first kappa shape index (κ1) is 57.1. The maximum atomic E-state index is 15.8. The van der Waals surface area contributed by atoms with Crippen LogP contribution in [0.1, 0.15) is 105 Å². The van der Waals surface area contributed by atoms with Crippen LogP contribution in [0.5, 0.6) is 0 Å². The number of pyridine rings is 1. The van der Waals surface area contributed by atoms with Gasteiger partial charge in [-0.25, -0.2) is 28.1 Å². The first-order chi connectivity index (χ1) is 33.6. The Balaban J connectivity index is 1.58. The molecule has 17 nitrogen and oxygen atoms in total. The molecule has 4 aromatic rings. The molecule has 0 bridgehead atoms. The van der Waals surface area contributed by atoms with Crippen LogP contribution in [0.15, 0.2) is 81.4 Å². The molecule has 2 aromatic carbocycles. The maximum Gasteiger partial charge on any atom is 0.419 e. The summed E-state index contributed by atoms with van der Waals surface area (Å²) in [6.45, 7) is 14.2. The second kappa shape index (κ2) is 24.3. The van der Waals surface area contributed by atoms with Gasteiger partial charge in [-0.2, -0.15) is 0 Å². The van der Waals surface area contributed by atoms with Gasteiger partial charge < -0.3 is 45.7 Å². The molecule has 0 saturated carbocycles. The van der Waals surface area contributed by atoms with Crippen molar-refractivity contribution in [3.63, 3.8) is 0 Å². The highest BCUT2D eigenvalue weighted by Gasteiger charge is 2.38. The van der Waals surface area contributed by atoms with E-state index in [-0.39, 0.29) is 38.9 Å². The van der Waals surface area contributed by atoms with E-state index in [1.165, 1.54) is 23.4 Å². The number of halogens is 3. The van der Waals surface area contributed by atoms with Gasteiger partial charge in [0, 0.05) is 66.7 Å². The van der Waals surface area contributed by atoms with Gasteiger partial charge >= 0.3 is 18.3 Å². The molecule has 0 radical (unpaired) electrons. The quantitative estimate of drug-likeness (QED) is 0.0706. The van der Waals surface area contributed by atoms with Crippen LogP contribution in [0.4, 0.5) is 23.2 Å². The third kappa shape index (κ3) is 17.2. The Labute approximate surface area is 432 Å². The largest absolute Gasteiger partial charge is 0.444 e. The predicted molar refractivity (Wildman–Crippen MR) is 273 cm³/mol. The van der Waals surface area contributed by atoms with E-state index in [1.807, 2.05) is 24.3 Å². The van der Waals surface area contributed by atoms with Crippen LogP contribution in [0, 0.1) is 0 Å². The predicted octanol–water partition coefficient (Wildman–Crippen LogP) is 8.62. The van der Waals surface area contributed by atoms with E-state index in [1.54, 1.807) is 105 Å². The molecule has 0 saturated heterocycles. The number of nitrogens with zero attached hydrogens (tertiary/aromatic N) is 3. The summed E-state index contributed by atoms with van der Waals surface area (Å²) in [6, 6.07) is 12.1. The summed E-state index contributed by atoms with van der Waals surface area (Å²) in [6.07, 6.45) is -0.600. The van der Waals surface area contributed by atoms with Crippen LogP contribution < -0.4 is 26.6 Å². The number of hydrogen-bond donors (Lipinski definition) is 5. The van der Waals surface area contributed by atoms with Crippen LogP contribution in [0.2, 0.25) is 0 Å². The zero-order chi connectivity index (χ0) is 53.2. The molecule has 392 valence electrons. The van der Waals surface area contributed by atoms with Gasteiger partial charge in [0.2, 0.25) is 17.7 Å². The molecule has 21 heteroatoms. The Morgan fingerprint density at radius 3 is 2.17 bits per heavy atom. The van der Waals surface area contributed by atoms with Crippen LogP contribution in [0.25, 0.3) is 10.9 Å². The average molecular weight is 1090 g/mol. The summed E-state index contributed by atoms with van der Waals surface area (Å²) in [5, 5.41) is 15.0. The Morgan fingerprint density at radius 2 is 1.49 bits per heavy atom. The van der Waals surface area contributed by atoms with Gasteiger partial charge in [0.15, 0.2) is 0 Å². The fourth-order valence-electron chi connectivity index (χ4n) is 7.60. The van der Waals surface area contributed by atoms with E-state index in [0.29, 0.717) is 37.1 Å². The number of fused-ring (bicyclic) bond motifs is 3. The third-order valence-electron chi connectivity index (χ3n) is 11.0. The number of benzene rings is 2. The summed E-state index contributed by atoms with van der Waals surface area (Å²) in [4.78, 5) is 89.5. The second-order valence-electron chi connectivity index (χ2n) is 20.5. The summed E-state index contributed by atoms with van der Waals surface area (Å²) in [5.41, 5.74) is -0.161. The van der Waals surface area contributed by atoms with Gasteiger partial charge in [-0.3, -0.25) is 19.0 Å². The van der Waals surface area contributed by atoms with Crippen molar-refractivity contribution in [1.82, 2.24) is 41.0 Å². The minimum Gasteiger partial charge on any atom is -0.444 e. The number of carbonyl (C=O) groups is 6. The molecule has 3 atom stereocenters. The molecule has 0 aliphatic carbocycles. The second-order valence-corrected chi connectivity index (χ2v) is 22.4. The zero-order valence-electron chi connectivity index (χ0n) is 42.5. The molecule has 1 aliphatic rings. The van der Waals surface area contributed by atoms with Gasteiger partial charge in [-0.1, -0.05) is 58.0 Å². The standard InChI is InChI=1S/C51H67BrF2N8O9S/c1-48(2,3)69-45(66)56-25-15-19-36-41(63)60-37(22-23-51(53,54)30-59-46(67)70-49(4,5)6)44(65)61(10)39(26-32-29-62(47(68)71-50(7,8)9)38-20-12-11-17-33(32)38)42(64)58-28-34-35(52)18-13-21-40(34)72-43-31(27-57-36)16-14-24-55-43/h11-14,16-18,20-21,24,29,36-37,39,57H,15,19,22-23,25-28,30H2,1-10H3,(H,56,66)(H,58,64)(H,59,67)(H,60,63)/t36-,37-,39-/m0/s1. The van der Waals surface area contributed by atoms with Crippen LogP contribution >= 0.6 is 27.7 Å². The molecule has 2 aromatic heterocycles. The summed E-state index contributed by atoms with van der Waals surface area (Å²) < 4.78 is 49.8. The van der Waals surface area contributed by atoms with Gasteiger partial charge in [-0.15, -0.1) is 0 Å². The molecule has 0 spiro atoms. The highest BCUT2D eigenvalue weighted by molar-refractivity contribution is 9.10. The molecular weight excluding hydrogens is 1020 g/mol. The smallest absolute Gasteiger partial charge is 0.419 e. The minimum absolute atomic E-state index is 0.0162. The van der Waals surface area contributed by atoms with E-state index in [4.69, 9.17) is 14.2 Å². The van der Waals surface area contributed by atoms with Crippen molar-refractivity contribution in [2.75, 3.05) is 20.1 Å². The molecule has 5 rings (SSSR count). The van der Waals surface area contributed by atoms with E-state index in [9.17, 15) is 24.0 Å². The van der Waals surface area contributed by atoms with Gasteiger partial charge in [0.25, 0.3) is 5.92 Å². The summed E-state index contributed by atoms with van der Waals surface area (Å²) in [7, 11) is 1.36. The monoisotopic (exact) mass is 1080 g/mol. The van der Waals surface area contributed by atoms with Crippen molar-refractivity contribution >= 4 is 74.6 Å². The molecule has 0 unspecified atom stereocenters. The Bertz CT molecular complexity index is 2590. The third-order valence-corrected chi connectivity index (χ3v) is 12.9. The SMILES string of the molecule is CN1C(=O)[C@H](CCC(F)(F)CNC(=O)OC(C)(C)C)NC(=O)[C@H](CCCNC(=O)OC(C)(C)C)NCc2cccnc2Sc2cccc(Br)c2CNC(=O)[C@@H]1Cc1cn(C(=O)OC(C)(C)C)c2ccccc12. The first-order valence-corrected chi connectivity index (χ1v) is 25.3. The van der Waals surface area contributed by atoms with Gasteiger partial charge in [-0.05, 0) is 123 Å². The lowest BCUT2D eigenvalue weighted by atomic mass is 10.00. The van der Waals surface area contributed by atoms with E-state index < -0.39 is 96.2 Å².